The van der Waals surface area contributed by atoms with Crippen LogP contribution in [0.4, 0.5) is 0 Å². The van der Waals surface area contributed by atoms with Crippen molar-refractivity contribution >= 4 is 5.97 Å². The molecule has 0 radical (unpaired) electrons. The van der Waals surface area contributed by atoms with Gasteiger partial charge in [-0.25, -0.2) is 4.79 Å². The molecule has 1 N–H and O–H groups in total. The summed E-state index contributed by atoms with van der Waals surface area (Å²) >= 11 is 0. The van der Waals surface area contributed by atoms with Gasteiger partial charge in [0, 0.05) is 11.6 Å². The summed E-state index contributed by atoms with van der Waals surface area (Å²) < 4.78 is 11.0. The third-order valence-corrected chi connectivity index (χ3v) is 5.23. The van der Waals surface area contributed by atoms with E-state index < -0.39 is 5.97 Å². The Kier molecular flexibility index (Phi) is 6.32. The van der Waals surface area contributed by atoms with Crippen LogP contribution < -0.4 is 9.47 Å². The first-order valence-corrected chi connectivity index (χ1v) is 9.66. The van der Waals surface area contributed by atoms with E-state index in [1.165, 1.54) is 25.7 Å². The molecule has 0 saturated heterocycles. The second-order valence-electron chi connectivity index (χ2n) is 6.98. The van der Waals surface area contributed by atoms with Crippen LogP contribution in [0.5, 0.6) is 11.5 Å². The van der Waals surface area contributed by atoms with Crippen molar-refractivity contribution in [3.8, 4) is 22.8 Å². The predicted octanol–water partition coefficient (Wildman–Crippen LogP) is 4.98. The highest BCUT2D eigenvalue weighted by atomic mass is 16.5. The molecule has 0 amide bonds. The number of carbonyl (C=O) groups is 1. The van der Waals surface area contributed by atoms with Crippen molar-refractivity contribution < 1.29 is 19.4 Å². The van der Waals surface area contributed by atoms with Crippen molar-refractivity contribution in [1.82, 2.24) is 4.98 Å². The monoisotopic (exact) mass is 369 g/mol. The summed E-state index contributed by atoms with van der Waals surface area (Å²) in [5, 5.41) is 9.54. The summed E-state index contributed by atoms with van der Waals surface area (Å²) in [5.74, 6) is 1.17. The van der Waals surface area contributed by atoms with E-state index in [1.54, 1.807) is 19.2 Å². The van der Waals surface area contributed by atoms with Gasteiger partial charge in [0.25, 0.3) is 0 Å². The Labute approximate surface area is 160 Å². The van der Waals surface area contributed by atoms with Crippen molar-refractivity contribution in [2.24, 2.45) is 5.92 Å². The van der Waals surface area contributed by atoms with Gasteiger partial charge in [0.1, 0.15) is 11.5 Å². The summed E-state index contributed by atoms with van der Waals surface area (Å²) in [4.78, 5) is 16.4. The van der Waals surface area contributed by atoms with Crippen LogP contribution in [0.3, 0.4) is 0 Å². The highest BCUT2D eigenvalue weighted by Gasteiger charge is 2.19. The lowest BCUT2D eigenvalue weighted by Crippen LogP contribution is -2.08. The number of carboxylic acids is 1. The SMILES string of the molecule is CCOc1cc(OC)ccc1-c1ccc(C(=O)O)c(CCC2CCCC2)n1. The molecule has 1 aromatic heterocycles. The van der Waals surface area contributed by atoms with Crippen LogP contribution in [-0.4, -0.2) is 29.8 Å². The van der Waals surface area contributed by atoms with E-state index in [9.17, 15) is 9.90 Å². The number of ether oxygens (including phenoxy) is 2. The van der Waals surface area contributed by atoms with Crippen molar-refractivity contribution in [2.75, 3.05) is 13.7 Å². The van der Waals surface area contributed by atoms with E-state index in [-0.39, 0.29) is 0 Å². The fourth-order valence-electron chi connectivity index (χ4n) is 3.79. The number of methoxy groups -OCH3 is 1. The quantitative estimate of drug-likeness (QED) is 0.711. The number of benzene rings is 1. The number of nitrogens with zero attached hydrogens (tertiary/aromatic N) is 1. The molecule has 1 fully saturated rings. The molecule has 5 nitrogen and oxygen atoms in total. The molecule has 1 aliphatic rings. The molecule has 1 heterocycles. The summed E-state index contributed by atoms with van der Waals surface area (Å²) in [5.41, 5.74) is 2.53. The van der Waals surface area contributed by atoms with Crippen LogP contribution in [-0.2, 0) is 6.42 Å². The highest BCUT2D eigenvalue weighted by molar-refractivity contribution is 5.89. The minimum absolute atomic E-state index is 0.295. The lowest BCUT2D eigenvalue weighted by atomic mass is 9.98. The smallest absolute Gasteiger partial charge is 0.337 e. The molecular weight excluding hydrogens is 342 g/mol. The van der Waals surface area contributed by atoms with Crippen LogP contribution in [0.25, 0.3) is 11.3 Å². The van der Waals surface area contributed by atoms with E-state index in [2.05, 4.69) is 0 Å². The second-order valence-corrected chi connectivity index (χ2v) is 6.98. The fraction of sp³-hybridized carbons (Fsp3) is 0.455. The van der Waals surface area contributed by atoms with Crippen LogP contribution >= 0.6 is 0 Å². The van der Waals surface area contributed by atoms with Crippen molar-refractivity contribution in [3.63, 3.8) is 0 Å². The maximum atomic E-state index is 11.6. The summed E-state index contributed by atoms with van der Waals surface area (Å²) in [6, 6.07) is 9.03. The molecule has 0 spiro atoms. The standard InChI is InChI=1S/C22H27NO4/c1-3-27-21-14-16(26-2)9-10-17(21)19-13-11-18(22(24)25)20(23-19)12-8-15-6-4-5-7-15/h9-11,13-15H,3-8,12H2,1-2H3,(H,24,25). The number of hydrogen-bond acceptors (Lipinski definition) is 4. The van der Waals surface area contributed by atoms with Gasteiger partial charge in [0.05, 0.1) is 30.7 Å². The zero-order chi connectivity index (χ0) is 19.2. The van der Waals surface area contributed by atoms with Gasteiger partial charge in [0.15, 0.2) is 0 Å². The van der Waals surface area contributed by atoms with Crippen LogP contribution in [0, 0.1) is 5.92 Å². The summed E-state index contributed by atoms with van der Waals surface area (Å²) in [6.07, 6.45) is 6.75. The molecular formula is C22H27NO4. The Morgan fingerprint density at radius 1 is 1.22 bits per heavy atom. The van der Waals surface area contributed by atoms with E-state index in [0.29, 0.717) is 41.7 Å². The molecule has 1 saturated carbocycles. The lowest BCUT2D eigenvalue weighted by molar-refractivity contribution is 0.0695. The van der Waals surface area contributed by atoms with Crippen LogP contribution in [0.15, 0.2) is 30.3 Å². The van der Waals surface area contributed by atoms with Gasteiger partial charge in [-0.3, -0.25) is 4.98 Å². The molecule has 0 atom stereocenters. The van der Waals surface area contributed by atoms with E-state index in [4.69, 9.17) is 14.5 Å². The van der Waals surface area contributed by atoms with Gasteiger partial charge in [-0.1, -0.05) is 25.7 Å². The summed E-state index contributed by atoms with van der Waals surface area (Å²) in [7, 11) is 1.62. The number of aromatic carboxylic acids is 1. The predicted molar refractivity (Wildman–Crippen MR) is 105 cm³/mol. The normalized spacial score (nSPS) is 14.3. The number of carboxylic acid groups (broad SMARTS) is 1. The Hall–Kier alpha value is -2.56. The molecule has 3 rings (SSSR count). The summed E-state index contributed by atoms with van der Waals surface area (Å²) in [6.45, 7) is 2.46. The average Bonchev–Trinajstić information content (AvgIpc) is 3.20. The van der Waals surface area contributed by atoms with Gasteiger partial charge in [-0.15, -0.1) is 0 Å². The molecule has 1 aromatic carbocycles. The third-order valence-electron chi connectivity index (χ3n) is 5.23. The Bertz CT molecular complexity index is 797. The van der Waals surface area contributed by atoms with Crippen LogP contribution in [0.2, 0.25) is 0 Å². The molecule has 144 valence electrons. The minimum Gasteiger partial charge on any atom is -0.497 e. The van der Waals surface area contributed by atoms with Crippen molar-refractivity contribution in [3.05, 3.63) is 41.6 Å². The average molecular weight is 369 g/mol. The molecule has 27 heavy (non-hydrogen) atoms. The Balaban J connectivity index is 1.93. The van der Waals surface area contributed by atoms with Crippen molar-refractivity contribution in [2.45, 2.75) is 45.4 Å². The van der Waals surface area contributed by atoms with Crippen molar-refractivity contribution in [1.29, 1.82) is 0 Å². The molecule has 5 heteroatoms. The zero-order valence-electron chi connectivity index (χ0n) is 16.0. The van der Waals surface area contributed by atoms with Gasteiger partial charge >= 0.3 is 5.97 Å². The second kappa shape index (κ2) is 8.89. The highest BCUT2D eigenvalue weighted by Crippen LogP contribution is 2.34. The van der Waals surface area contributed by atoms with Gasteiger partial charge in [-0.2, -0.15) is 0 Å². The minimum atomic E-state index is -0.921. The Morgan fingerprint density at radius 2 is 2.00 bits per heavy atom. The number of aryl methyl sites for hydroxylation is 1. The maximum absolute atomic E-state index is 11.6. The zero-order valence-corrected chi connectivity index (χ0v) is 16.0. The number of aromatic nitrogens is 1. The molecule has 0 unspecified atom stereocenters. The number of pyridine rings is 1. The first-order chi connectivity index (χ1) is 13.1. The molecule has 0 aliphatic heterocycles. The van der Waals surface area contributed by atoms with Gasteiger partial charge < -0.3 is 14.6 Å². The first-order valence-electron chi connectivity index (χ1n) is 9.66. The third kappa shape index (κ3) is 4.59. The molecule has 0 bridgehead atoms. The number of rotatable bonds is 8. The first kappa shape index (κ1) is 19.2. The van der Waals surface area contributed by atoms with E-state index >= 15 is 0 Å². The molecule has 2 aromatic rings. The Morgan fingerprint density at radius 3 is 2.67 bits per heavy atom. The maximum Gasteiger partial charge on any atom is 0.337 e. The van der Waals surface area contributed by atoms with E-state index in [1.807, 2.05) is 25.1 Å². The topological polar surface area (TPSA) is 68.7 Å². The van der Waals surface area contributed by atoms with Crippen LogP contribution in [0.1, 0.15) is 55.1 Å². The largest absolute Gasteiger partial charge is 0.497 e. The number of hydrogen-bond donors (Lipinski definition) is 1. The lowest BCUT2D eigenvalue weighted by Gasteiger charge is -2.14. The van der Waals surface area contributed by atoms with E-state index in [0.717, 1.165) is 17.7 Å². The fourth-order valence-corrected chi connectivity index (χ4v) is 3.79. The molecule has 1 aliphatic carbocycles. The van der Waals surface area contributed by atoms with Gasteiger partial charge in [0.2, 0.25) is 0 Å². The van der Waals surface area contributed by atoms with Gasteiger partial charge in [-0.05, 0) is 49.9 Å².